The van der Waals surface area contributed by atoms with Gasteiger partial charge < -0.3 is 4.57 Å². The van der Waals surface area contributed by atoms with Crippen LogP contribution in [0.15, 0.2) is 12.4 Å². The first-order valence-electron chi connectivity index (χ1n) is 5.60. The summed E-state index contributed by atoms with van der Waals surface area (Å²) in [5.41, 5.74) is 0.341. The van der Waals surface area contributed by atoms with Gasteiger partial charge in [-0.1, -0.05) is 27.2 Å². The fraction of sp³-hybridized carbons (Fsp3) is 0.750. The minimum Gasteiger partial charge on any atom is -0.335 e. The van der Waals surface area contributed by atoms with E-state index in [1.54, 1.807) is 0 Å². The third-order valence-corrected chi connectivity index (χ3v) is 3.25. The molecule has 0 amide bonds. The fourth-order valence-corrected chi connectivity index (χ4v) is 2.40. The minimum atomic E-state index is 0.341. The van der Waals surface area contributed by atoms with Gasteiger partial charge in [0.2, 0.25) is 0 Å². The monoisotopic (exact) mass is 192 g/mol. The second kappa shape index (κ2) is 3.41. The lowest BCUT2D eigenvalue weighted by Gasteiger charge is -2.29. The highest BCUT2D eigenvalue weighted by Crippen LogP contribution is 2.39. The highest BCUT2D eigenvalue weighted by atomic mass is 15.1. The van der Waals surface area contributed by atoms with Gasteiger partial charge in [-0.15, -0.1) is 0 Å². The van der Waals surface area contributed by atoms with Crippen molar-refractivity contribution >= 4 is 0 Å². The summed E-state index contributed by atoms with van der Waals surface area (Å²) < 4.78 is 2.34. The molecule has 0 aliphatic carbocycles. The topological polar surface area (TPSA) is 17.8 Å². The standard InChI is InChI=1S/C12H20N2/c1-12(2,3)10-6-4-5-8-14-9-7-13-11(10)14/h7,9-10H,4-6,8H2,1-3H3. The van der Waals surface area contributed by atoms with Crippen LogP contribution in [-0.2, 0) is 6.54 Å². The molecule has 2 heteroatoms. The molecule has 1 aromatic heterocycles. The highest BCUT2D eigenvalue weighted by molar-refractivity contribution is 5.06. The maximum atomic E-state index is 4.53. The normalized spacial score (nSPS) is 22.9. The molecule has 0 radical (unpaired) electrons. The summed E-state index contributed by atoms with van der Waals surface area (Å²) in [7, 11) is 0. The Kier molecular flexibility index (Phi) is 2.38. The zero-order chi connectivity index (χ0) is 10.2. The molecule has 0 aromatic carbocycles. The van der Waals surface area contributed by atoms with E-state index in [9.17, 15) is 0 Å². The van der Waals surface area contributed by atoms with Crippen molar-refractivity contribution in [3.8, 4) is 0 Å². The van der Waals surface area contributed by atoms with Crippen molar-refractivity contribution in [1.29, 1.82) is 0 Å². The number of nitrogens with zero attached hydrogens (tertiary/aromatic N) is 2. The Morgan fingerprint density at radius 1 is 1.36 bits per heavy atom. The van der Waals surface area contributed by atoms with E-state index in [2.05, 4.69) is 36.5 Å². The largest absolute Gasteiger partial charge is 0.335 e. The SMILES string of the molecule is CC(C)(C)C1CCCCn2ccnc21. The molecule has 0 N–H and O–H groups in total. The van der Waals surface area contributed by atoms with E-state index in [-0.39, 0.29) is 0 Å². The molecule has 2 rings (SSSR count). The van der Waals surface area contributed by atoms with Crippen molar-refractivity contribution in [3.05, 3.63) is 18.2 Å². The Hall–Kier alpha value is -0.790. The number of aryl methyl sites for hydroxylation is 1. The van der Waals surface area contributed by atoms with E-state index in [4.69, 9.17) is 0 Å². The zero-order valence-electron chi connectivity index (χ0n) is 9.45. The predicted molar refractivity (Wildman–Crippen MR) is 58.3 cm³/mol. The van der Waals surface area contributed by atoms with E-state index in [1.807, 2.05) is 6.20 Å². The van der Waals surface area contributed by atoms with Gasteiger partial charge in [-0.25, -0.2) is 4.98 Å². The number of aromatic nitrogens is 2. The molecule has 1 aliphatic rings. The van der Waals surface area contributed by atoms with Gasteiger partial charge in [-0.2, -0.15) is 0 Å². The number of fused-ring (bicyclic) bond motifs is 1. The Morgan fingerprint density at radius 3 is 2.86 bits per heavy atom. The second-order valence-electron chi connectivity index (χ2n) is 5.39. The fourth-order valence-electron chi connectivity index (χ4n) is 2.40. The first-order chi connectivity index (χ1) is 6.59. The van der Waals surface area contributed by atoms with Crippen molar-refractivity contribution in [2.75, 3.05) is 0 Å². The van der Waals surface area contributed by atoms with Crippen LogP contribution in [0.3, 0.4) is 0 Å². The Labute approximate surface area is 86.3 Å². The molecule has 0 bridgehead atoms. The third kappa shape index (κ3) is 1.70. The number of hydrogen-bond acceptors (Lipinski definition) is 1. The summed E-state index contributed by atoms with van der Waals surface area (Å²) in [5.74, 6) is 1.93. The third-order valence-electron chi connectivity index (χ3n) is 3.25. The summed E-state index contributed by atoms with van der Waals surface area (Å²) in [4.78, 5) is 4.53. The van der Waals surface area contributed by atoms with Crippen LogP contribution in [0, 0.1) is 5.41 Å². The van der Waals surface area contributed by atoms with E-state index in [0.29, 0.717) is 11.3 Å². The van der Waals surface area contributed by atoms with E-state index in [0.717, 1.165) is 6.54 Å². The molecule has 1 aliphatic heterocycles. The van der Waals surface area contributed by atoms with Gasteiger partial charge in [-0.3, -0.25) is 0 Å². The zero-order valence-corrected chi connectivity index (χ0v) is 9.45. The van der Waals surface area contributed by atoms with E-state index >= 15 is 0 Å². The summed E-state index contributed by atoms with van der Waals surface area (Å²) >= 11 is 0. The Balaban J connectivity index is 2.35. The lowest BCUT2D eigenvalue weighted by molar-refractivity contribution is 0.293. The minimum absolute atomic E-state index is 0.341. The molecule has 78 valence electrons. The molecular weight excluding hydrogens is 172 g/mol. The van der Waals surface area contributed by atoms with Crippen LogP contribution < -0.4 is 0 Å². The van der Waals surface area contributed by atoms with Crippen LogP contribution >= 0.6 is 0 Å². The molecule has 0 fully saturated rings. The van der Waals surface area contributed by atoms with Gasteiger partial charge in [0, 0.05) is 24.9 Å². The average Bonchev–Trinajstić information content (AvgIpc) is 2.42. The van der Waals surface area contributed by atoms with Crippen LogP contribution in [0.1, 0.15) is 51.8 Å². The van der Waals surface area contributed by atoms with Gasteiger partial charge in [0.1, 0.15) is 5.82 Å². The molecule has 0 saturated carbocycles. The van der Waals surface area contributed by atoms with Gasteiger partial charge in [0.25, 0.3) is 0 Å². The van der Waals surface area contributed by atoms with E-state index in [1.165, 1.54) is 25.1 Å². The van der Waals surface area contributed by atoms with Crippen LogP contribution in [-0.4, -0.2) is 9.55 Å². The van der Waals surface area contributed by atoms with Crippen LogP contribution in [0.2, 0.25) is 0 Å². The summed E-state index contributed by atoms with van der Waals surface area (Å²) in [6.07, 6.45) is 8.00. The molecule has 1 aromatic rings. The van der Waals surface area contributed by atoms with E-state index < -0.39 is 0 Å². The highest BCUT2D eigenvalue weighted by Gasteiger charge is 2.30. The second-order valence-corrected chi connectivity index (χ2v) is 5.39. The smallest absolute Gasteiger partial charge is 0.112 e. The molecule has 14 heavy (non-hydrogen) atoms. The quantitative estimate of drug-likeness (QED) is 0.617. The molecule has 0 saturated heterocycles. The van der Waals surface area contributed by atoms with Gasteiger partial charge >= 0.3 is 0 Å². The van der Waals surface area contributed by atoms with Gasteiger partial charge in [0.15, 0.2) is 0 Å². The summed E-state index contributed by atoms with van der Waals surface area (Å²) in [6, 6.07) is 0. The molecule has 2 nitrogen and oxygen atoms in total. The first-order valence-corrected chi connectivity index (χ1v) is 5.60. The predicted octanol–water partition coefficient (Wildman–Crippen LogP) is 3.20. The molecule has 2 heterocycles. The Bertz CT molecular complexity index is 306. The Morgan fingerprint density at radius 2 is 2.14 bits per heavy atom. The molecule has 1 atom stereocenters. The summed E-state index contributed by atoms with van der Waals surface area (Å²) in [5, 5.41) is 0. The van der Waals surface area contributed by atoms with Crippen molar-refractivity contribution in [3.63, 3.8) is 0 Å². The molecule has 1 unspecified atom stereocenters. The van der Waals surface area contributed by atoms with Crippen molar-refractivity contribution in [1.82, 2.24) is 9.55 Å². The van der Waals surface area contributed by atoms with Crippen molar-refractivity contribution < 1.29 is 0 Å². The van der Waals surface area contributed by atoms with Crippen LogP contribution in [0.4, 0.5) is 0 Å². The summed E-state index contributed by atoms with van der Waals surface area (Å²) in [6.45, 7) is 8.12. The van der Waals surface area contributed by atoms with Crippen molar-refractivity contribution in [2.24, 2.45) is 5.41 Å². The van der Waals surface area contributed by atoms with Crippen molar-refractivity contribution in [2.45, 2.75) is 52.5 Å². The number of rotatable bonds is 0. The first kappa shape index (κ1) is 9.75. The average molecular weight is 192 g/mol. The van der Waals surface area contributed by atoms with Crippen LogP contribution in [0.25, 0.3) is 0 Å². The number of hydrogen-bond donors (Lipinski definition) is 0. The maximum absolute atomic E-state index is 4.53. The van der Waals surface area contributed by atoms with Crippen LogP contribution in [0.5, 0.6) is 0 Å². The van der Waals surface area contributed by atoms with Gasteiger partial charge in [-0.05, 0) is 18.3 Å². The lowest BCUT2D eigenvalue weighted by Crippen LogP contribution is -2.20. The maximum Gasteiger partial charge on any atom is 0.112 e. The molecular formula is C12H20N2. The number of imidazole rings is 1. The lowest BCUT2D eigenvalue weighted by atomic mass is 9.78. The molecule has 0 spiro atoms. The van der Waals surface area contributed by atoms with Gasteiger partial charge in [0.05, 0.1) is 0 Å².